The van der Waals surface area contributed by atoms with Crippen molar-refractivity contribution >= 4 is 0 Å². The molecule has 2 aromatic rings. The summed E-state index contributed by atoms with van der Waals surface area (Å²) in [4.78, 5) is 0. The van der Waals surface area contributed by atoms with Crippen molar-refractivity contribution < 1.29 is 4.74 Å². The van der Waals surface area contributed by atoms with Crippen LogP contribution in [0.15, 0.2) is 36.4 Å². The predicted molar refractivity (Wildman–Crippen MR) is 70.2 cm³/mol. The zero-order valence-corrected chi connectivity index (χ0v) is 10.3. The van der Waals surface area contributed by atoms with Crippen molar-refractivity contribution in [2.75, 3.05) is 13.7 Å². The highest BCUT2D eigenvalue weighted by Crippen LogP contribution is 2.24. The van der Waals surface area contributed by atoms with E-state index in [0.717, 1.165) is 12.3 Å². The highest BCUT2D eigenvalue weighted by atomic mass is 16.5. The van der Waals surface area contributed by atoms with Gasteiger partial charge in [0.25, 0.3) is 0 Å². The van der Waals surface area contributed by atoms with E-state index in [2.05, 4.69) is 35.8 Å². The minimum absolute atomic E-state index is 0.651. The maximum Gasteiger partial charge on any atom is 0.118 e. The number of aryl methyl sites for hydroxylation is 1. The van der Waals surface area contributed by atoms with Gasteiger partial charge in [0.15, 0.2) is 0 Å². The zero-order valence-electron chi connectivity index (χ0n) is 10.3. The van der Waals surface area contributed by atoms with E-state index in [1.165, 1.54) is 17.0 Å². The lowest BCUT2D eigenvalue weighted by Gasteiger charge is -2.11. The molecule has 1 aromatic heterocycles. The molecule has 0 amide bonds. The number of aromatic nitrogens is 1. The lowest BCUT2D eigenvalue weighted by Crippen LogP contribution is -2.11. The predicted octanol–water partition coefficient (Wildman–Crippen LogP) is 2.43. The largest absolute Gasteiger partial charge is 0.497 e. The van der Waals surface area contributed by atoms with E-state index in [1.54, 1.807) is 7.11 Å². The van der Waals surface area contributed by atoms with E-state index in [4.69, 9.17) is 10.5 Å². The third-order valence-electron chi connectivity index (χ3n) is 2.94. The van der Waals surface area contributed by atoms with Gasteiger partial charge in [-0.25, -0.2) is 0 Å². The van der Waals surface area contributed by atoms with Gasteiger partial charge in [0.1, 0.15) is 5.75 Å². The highest BCUT2D eigenvalue weighted by molar-refractivity contribution is 5.61. The summed E-state index contributed by atoms with van der Waals surface area (Å²) < 4.78 is 7.40. The van der Waals surface area contributed by atoms with E-state index in [1.807, 2.05) is 12.1 Å². The number of rotatable bonds is 4. The minimum atomic E-state index is 0.651. The molecule has 3 nitrogen and oxygen atoms in total. The van der Waals surface area contributed by atoms with Crippen LogP contribution in [-0.2, 0) is 6.54 Å². The van der Waals surface area contributed by atoms with E-state index >= 15 is 0 Å². The molecule has 0 saturated heterocycles. The molecule has 0 saturated carbocycles. The Morgan fingerprint density at radius 3 is 2.41 bits per heavy atom. The van der Waals surface area contributed by atoms with Gasteiger partial charge in [0, 0.05) is 24.5 Å². The fraction of sp³-hybridized carbons (Fsp3) is 0.286. The average Bonchev–Trinajstić information content (AvgIpc) is 2.72. The third kappa shape index (κ3) is 2.34. The monoisotopic (exact) mass is 230 g/mol. The van der Waals surface area contributed by atoms with Crippen LogP contribution in [0.4, 0.5) is 0 Å². The molecule has 3 heteroatoms. The van der Waals surface area contributed by atoms with Crippen LogP contribution in [0, 0.1) is 6.92 Å². The number of hydrogen-bond acceptors (Lipinski definition) is 2. The number of nitrogens with two attached hydrogens (primary N) is 1. The normalized spacial score (nSPS) is 10.5. The van der Waals surface area contributed by atoms with Crippen molar-refractivity contribution in [3.8, 4) is 17.0 Å². The van der Waals surface area contributed by atoms with Crippen LogP contribution < -0.4 is 10.5 Å². The van der Waals surface area contributed by atoms with Gasteiger partial charge in [-0.15, -0.1) is 0 Å². The van der Waals surface area contributed by atoms with E-state index in [-0.39, 0.29) is 0 Å². The van der Waals surface area contributed by atoms with E-state index in [9.17, 15) is 0 Å². The standard InChI is InChI=1S/C14H18N2O/c1-11-3-8-14(16(11)10-9-15)12-4-6-13(17-2)7-5-12/h3-8H,9-10,15H2,1-2H3. The van der Waals surface area contributed by atoms with E-state index in [0.29, 0.717) is 6.54 Å². The van der Waals surface area contributed by atoms with E-state index < -0.39 is 0 Å². The third-order valence-corrected chi connectivity index (χ3v) is 2.94. The van der Waals surface area contributed by atoms with Gasteiger partial charge in [-0.1, -0.05) is 0 Å². The summed E-state index contributed by atoms with van der Waals surface area (Å²) in [6.45, 7) is 3.60. The smallest absolute Gasteiger partial charge is 0.118 e. The molecule has 0 aliphatic carbocycles. The van der Waals surface area contributed by atoms with Gasteiger partial charge in [0.05, 0.1) is 7.11 Å². The SMILES string of the molecule is COc1ccc(-c2ccc(C)n2CCN)cc1. The van der Waals surface area contributed by atoms with Crippen molar-refractivity contribution in [2.24, 2.45) is 5.73 Å². The second-order valence-electron chi connectivity index (χ2n) is 4.03. The van der Waals surface area contributed by atoms with Crippen LogP contribution in [0.2, 0.25) is 0 Å². The van der Waals surface area contributed by atoms with Gasteiger partial charge in [-0.3, -0.25) is 0 Å². The maximum atomic E-state index is 5.64. The molecule has 0 spiro atoms. The topological polar surface area (TPSA) is 40.2 Å². The first-order valence-electron chi connectivity index (χ1n) is 5.77. The average molecular weight is 230 g/mol. The van der Waals surface area contributed by atoms with Crippen molar-refractivity contribution in [1.29, 1.82) is 0 Å². The Morgan fingerprint density at radius 1 is 1.12 bits per heavy atom. The molecule has 0 atom stereocenters. The summed E-state index contributed by atoms with van der Waals surface area (Å²) in [5.41, 5.74) is 9.27. The van der Waals surface area contributed by atoms with Crippen LogP contribution in [0.3, 0.4) is 0 Å². The molecule has 0 aliphatic heterocycles. The van der Waals surface area contributed by atoms with Crippen LogP contribution in [0.5, 0.6) is 5.75 Å². The second-order valence-corrected chi connectivity index (χ2v) is 4.03. The van der Waals surface area contributed by atoms with Gasteiger partial charge in [0.2, 0.25) is 0 Å². The Hall–Kier alpha value is -1.74. The first-order valence-corrected chi connectivity index (χ1v) is 5.77. The van der Waals surface area contributed by atoms with Gasteiger partial charge in [-0.05, 0) is 48.9 Å². The van der Waals surface area contributed by atoms with Crippen molar-refractivity contribution in [3.05, 3.63) is 42.1 Å². The number of ether oxygens (including phenoxy) is 1. The van der Waals surface area contributed by atoms with Crippen molar-refractivity contribution in [2.45, 2.75) is 13.5 Å². The van der Waals surface area contributed by atoms with Crippen molar-refractivity contribution in [3.63, 3.8) is 0 Å². The quantitative estimate of drug-likeness (QED) is 0.876. The molecule has 0 bridgehead atoms. The second kappa shape index (κ2) is 5.06. The Morgan fingerprint density at radius 2 is 1.82 bits per heavy atom. The first-order chi connectivity index (χ1) is 8.26. The lowest BCUT2D eigenvalue weighted by molar-refractivity contribution is 0.415. The summed E-state index contributed by atoms with van der Waals surface area (Å²) >= 11 is 0. The highest BCUT2D eigenvalue weighted by Gasteiger charge is 2.06. The van der Waals surface area contributed by atoms with Gasteiger partial charge < -0.3 is 15.0 Å². The minimum Gasteiger partial charge on any atom is -0.497 e. The molecule has 0 radical (unpaired) electrons. The fourth-order valence-electron chi connectivity index (χ4n) is 2.01. The molecule has 17 heavy (non-hydrogen) atoms. The van der Waals surface area contributed by atoms with Crippen LogP contribution in [0.25, 0.3) is 11.3 Å². The Bertz CT molecular complexity index is 485. The summed E-state index contributed by atoms with van der Waals surface area (Å²) in [5, 5.41) is 0. The molecule has 0 unspecified atom stereocenters. The van der Waals surface area contributed by atoms with Crippen LogP contribution >= 0.6 is 0 Å². The van der Waals surface area contributed by atoms with Gasteiger partial charge in [-0.2, -0.15) is 0 Å². The summed E-state index contributed by atoms with van der Waals surface area (Å²) in [7, 11) is 1.68. The Kier molecular flexibility index (Phi) is 3.49. The molecular weight excluding hydrogens is 212 g/mol. The number of benzene rings is 1. The molecule has 2 N–H and O–H groups in total. The van der Waals surface area contributed by atoms with Crippen LogP contribution in [-0.4, -0.2) is 18.2 Å². The zero-order chi connectivity index (χ0) is 12.3. The molecule has 1 heterocycles. The summed E-state index contributed by atoms with van der Waals surface area (Å²) in [6.07, 6.45) is 0. The van der Waals surface area contributed by atoms with Crippen LogP contribution in [0.1, 0.15) is 5.69 Å². The fourth-order valence-corrected chi connectivity index (χ4v) is 2.01. The lowest BCUT2D eigenvalue weighted by atomic mass is 10.1. The molecular formula is C14H18N2O. The van der Waals surface area contributed by atoms with Gasteiger partial charge >= 0.3 is 0 Å². The number of nitrogens with zero attached hydrogens (tertiary/aromatic N) is 1. The molecule has 2 rings (SSSR count). The molecule has 1 aromatic carbocycles. The summed E-state index contributed by atoms with van der Waals surface area (Å²) in [5.74, 6) is 0.877. The van der Waals surface area contributed by atoms with Crippen molar-refractivity contribution in [1.82, 2.24) is 4.57 Å². The number of hydrogen-bond donors (Lipinski definition) is 1. The maximum absolute atomic E-state index is 5.64. The first kappa shape index (κ1) is 11.7. The molecule has 0 aliphatic rings. The summed E-state index contributed by atoms with van der Waals surface area (Å²) in [6, 6.07) is 12.3. The molecule has 90 valence electrons. The number of methoxy groups -OCH3 is 1. The Labute approximate surface area is 102 Å². The molecule has 0 fully saturated rings. The Balaban J connectivity index is 2.38.